The number of amides is 4. The van der Waals surface area contributed by atoms with Gasteiger partial charge in [0, 0.05) is 34.1 Å². The van der Waals surface area contributed by atoms with E-state index in [-0.39, 0.29) is 0 Å². The summed E-state index contributed by atoms with van der Waals surface area (Å²) in [5, 5.41) is 343. The second-order valence-electron chi connectivity index (χ2n) is 32.5. The maximum atomic E-state index is 13.2. The van der Waals surface area contributed by atoms with E-state index in [4.69, 9.17) is 90.0 Å². The van der Waals surface area contributed by atoms with Gasteiger partial charge in [-0.2, -0.15) is 0 Å². The van der Waals surface area contributed by atoms with Gasteiger partial charge in [-0.25, -0.2) is 4.79 Å². The first kappa shape index (κ1) is 106. The summed E-state index contributed by atoms with van der Waals surface area (Å²) in [6.45, 7) is -7.86. The summed E-state index contributed by atoms with van der Waals surface area (Å²) in [4.78, 5) is 63.7. The molecule has 10 heterocycles. The number of aliphatic carboxylic acids is 1. The number of rotatable bonds is 35. The molecule has 0 aliphatic carbocycles. The highest BCUT2D eigenvalue weighted by atomic mass is 16.8. The number of carboxylic acids is 1. The molecule has 58 nitrogen and oxygen atoms in total. The number of aliphatic hydroxyl groups excluding tert-OH is 29. The third-order valence-corrected chi connectivity index (χ3v) is 23.4. The summed E-state index contributed by atoms with van der Waals surface area (Å²) in [7, 11) is 0. The first-order valence-corrected chi connectivity index (χ1v) is 40.8. The molecule has 1 unspecified atom stereocenters. The largest absolute Gasteiger partial charge is 0.477 e. The van der Waals surface area contributed by atoms with Gasteiger partial charge in [0.05, 0.1) is 78.2 Å². The van der Waals surface area contributed by atoms with Crippen molar-refractivity contribution in [1.29, 1.82) is 0 Å². The SMILES string of the molecule is CC(=O)N[C@H]1[C@H](O[C@H]2[C@H](O)[C@@H](NC(C)=O)C(O)O[C@@H]2CO)O[C@H](CO)[C@@H](O[C@@H]2O[C@H](CO[C@H]3O[C@H](CO[C@H]4O[C@H](CO)[C@@H](O)[C@H](O)[C@@H]4O)[C@@H](O)[C@H](O[C@H]4O[C@H](CO)[C@@H](O)[C@H](O)[C@@H]4O)[C@@H]3O)[C@@H](O)[C@H](O[C@H]3O[C@H](CO)[C@@H](O)[C@H](O)[C@@H]3O[C@@H]3O[C@H](CO)[C@@H](O[C@@H]4O[C@H](CO[C@]5(C(=O)O)C[C@H](O)[C@@H](NC(C)=O)[C@H]([C@H](O)[C@H](O)CO)O5)[C@H](O)[C@H](O)[C@H]4O)[C@H](O)[C@H]3NC(C)=O)[C@@H]2O)[C@@H]1O. The molecule has 10 fully saturated rings. The molecular formula is C71H118N4O54. The van der Waals surface area contributed by atoms with E-state index in [1.54, 1.807) is 0 Å². The quantitative estimate of drug-likeness (QED) is 0.0280. The van der Waals surface area contributed by atoms with Gasteiger partial charge in [-0.1, -0.05) is 0 Å². The molecule has 0 aromatic carbocycles. The van der Waals surface area contributed by atoms with Gasteiger partial charge in [-0.3, -0.25) is 19.2 Å². The lowest BCUT2D eigenvalue weighted by Crippen LogP contribution is -2.71. The first-order valence-electron chi connectivity index (χ1n) is 40.8. The van der Waals surface area contributed by atoms with Crippen LogP contribution in [-0.4, -0.2) is 561 Å². The Morgan fingerprint density at radius 3 is 1.06 bits per heavy atom. The lowest BCUT2D eigenvalue weighted by Gasteiger charge is -2.51. The molecule has 58 heteroatoms. The van der Waals surface area contributed by atoms with Gasteiger partial charge < -0.3 is 264 Å². The van der Waals surface area contributed by atoms with Crippen molar-refractivity contribution >= 4 is 29.6 Å². The van der Waals surface area contributed by atoms with E-state index in [0.29, 0.717) is 0 Å². The van der Waals surface area contributed by atoms with E-state index >= 15 is 0 Å². The van der Waals surface area contributed by atoms with Crippen molar-refractivity contribution in [1.82, 2.24) is 21.3 Å². The van der Waals surface area contributed by atoms with E-state index < -0.39 is 414 Å². The molecule has 10 aliphatic heterocycles. The van der Waals surface area contributed by atoms with Crippen molar-refractivity contribution in [3.8, 4) is 0 Å². The van der Waals surface area contributed by atoms with Crippen molar-refractivity contribution in [3.63, 3.8) is 0 Å². The van der Waals surface area contributed by atoms with Gasteiger partial charge in [0.1, 0.15) is 238 Å². The molecule has 0 saturated carbocycles. The second-order valence-corrected chi connectivity index (χ2v) is 32.5. The Morgan fingerprint density at radius 1 is 0.318 bits per heavy atom. The molecule has 129 heavy (non-hydrogen) atoms. The lowest BCUT2D eigenvalue weighted by molar-refractivity contribution is -0.399. The molecule has 0 aromatic rings. The third-order valence-electron chi connectivity index (χ3n) is 23.4. The minimum Gasteiger partial charge on any atom is -0.477 e. The standard InChI is InChI=1S/C71H118N4O54/c1-16(83)72-31-20(87)5-71(70(109)110,129-57(31)35(89)21(88)6-76)113-15-30-39(93)47(101)51(105)67(122-30)124-55-26(11-81)119-63(34(44(55)98)75-19(4)86)128-60-48(102)38(92)24(9-79)117-69(60)127-59-41(95)29(121-68(53(59)107)125-56-27(12-82)118-62(33(43(56)97)74-18(3)85)123-54-25(10-80)114-61(108)32(42(54)96)73-17(2)84)14-112-65-52(106)58(126-66-50(104)46(100)37(91)23(8-78)116-66)40(94)28(120-65)13-111-64-49(103)45(99)36(90)22(7-77)115-64/h20-69,76-82,87-108H,5-15H2,1-4H3,(H,72,83)(H,73,84)(H,74,85)(H,75,86)(H,109,110)/t20-,21+,22+,23+,24+,25+,26+,27+,28+,29+,30+,31+,32+,33+,34+,35+,36+,37+,38+,39-,40+,41+,42+,43+,44+,45-,46-,47-,48-,49-,50-,51+,52-,53-,54+,55+,56+,57+,58-,59-,60-,61?,62-,63-,64-,65-,66+,67-,68-,69+,71+/m0/s1. The summed E-state index contributed by atoms with van der Waals surface area (Å²) in [5.74, 6) is -8.88. The number of hydrogen-bond acceptors (Lipinski definition) is 53. The molecule has 10 aliphatic rings. The van der Waals surface area contributed by atoms with Gasteiger partial charge in [0.2, 0.25) is 23.6 Å². The first-order chi connectivity index (χ1) is 60.8. The molecule has 10 rings (SSSR count). The monoisotopic (exact) mass is 1890 g/mol. The smallest absolute Gasteiger partial charge is 0.364 e. The Morgan fingerprint density at radius 2 is 0.628 bits per heavy atom. The summed E-state index contributed by atoms with van der Waals surface area (Å²) < 4.78 is 111. The van der Waals surface area contributed by atoms with Crippen LogP contribution >= 0.6 is 0 Å². The molecule has 51 atom stereocenters. The molecule has 0 radical (unpaired) electrons. The number of nitrogens with one attached hydrogen (secondary N) is 4. The zero-order valence-electron chi connectivity index (χ0n) is 68.9. The summed E-state index contributed by atoms with van der Waals surface area (Å²) >= 11 is 0. The highest BCUT2D eigenvalue weighted by Gasteiger charge is 2.63. The number of ether oxygens (including phenoxy) is 19. The fraction of sp³-hybridized carbons (Fsp3) is 0.930. The summed E-state index contributed by atoms with van der Waals surface area (Å²) in [6, 6.07) is -7.48. The van der Waals surface area contributed by atoms with Crippen molar-refractivity contribution < 1.29 is 267 Å². The zero-order chi connectivity index (χ0) is 95.3. The Labute approximate surface area is 728 Å². The van der Waals surface area contributed by atoms with E-state index in [1.807, 2.05) is 0 Å². The van der Waals surface area contributed by atoms with Crippen molar-refractivity contribution in [2.24, 2.45) is 0 Å². The predicted octanol–water partition coefficient (Wildman–Crippen LogP) is -23.0. The maximum absolute atomic E-state index is 13.2. The van der Waals surface area contributed by atoms with Crippen molar-refractivity contribution in [3.05, 3.63) is 0 Å². The van der Waals surface area contributed by atoms with Crippen LogP contribution in [0.5, 0.6) is 0 Å². The number of carboxylic acid groups (broad SMARTS) is 1. The summed E-state index contributed by atoms with van der Waals surface area (Å²) in [5.41, 5.74) is 0. The molecule has 10 saturated heterocycles. The number of aliphatic hydroxyl groups is 29. The molecule has 0 aromatic heterocycles. The molecule has 0 spiro atoms. The second kappa shape index (κ2) is 46.1. The third kappa shape index (κ3) is 23.6. The van der Waals surface area contributed by atoms with Gasteiger partial charge in [-0.05, 0) is 0 Å². The minimum absolute atomic E-state index is 0.815. The fourth-order valence-corrected chi connectivity index (χ4v) is 16.4. The zero-order valence-corrected chi connectivity index (χ0v) is 68.9. The van der Waals surface area contributed by atoms with Gasteiger partial charge in [-0.15, -0.1) is 0 Å². The normalized spacial score (nSPS) is 48.1. The number of carbonyl (C=O) groups excluding carboxylic acids is 4. The minimum atomic E-state index is -3.11. The van der Waals surface area contributed by atoms with E-state index in [1.165, 1.54) is 0 Å². The average Bonchev–Trinajstić information content (AvgIpc) is 0.766. The van der Waals surface area contributed by atoms with Crippen LogP contribution < -0.4 is 21.3 Å². The fourth-order valence-electron chi connectivity index (χ4n) is 16.4. The van der Waals surface area contributed by atoms with Crippen molar-refractivity contribution in [2.45, 2.75) is 347 Å². The van der Waals surface area contributed by atoms with Crippen LogP contribution in [0.3, 0.4) is 0 Å². The predicted molar refractivity (Wildman–Crippen MR) is 393 cm³/mol. The van der Waals surface area contributed by atoms with Gasteiger partial charge >= 0.3 is 5.97 Å². The van der Waals surface area contributed by atoms with Crippen LogP contribution in [-0.2, 0) is 114 Å². The van der Waals surface area contributed by atoms with Gasteiger partial charge in [0.25, 0.3) is 5.79 Å². The molecule has 746 valence electrons. The average molecular weight is 1890 g/mol. The van der Waals surface area contributed by atoms with Crippen LogP contribution in [0.25, 0.3) is 0 Å². The number of hydrogen-bond donors (Lipinski definition) is 34. The molecular weight excluding hydrogens is 1770 g/mol. The molecule has 0 bridgehead atoms. The number of carbonyl (C=O) groups is 5. The van der Waals surface area contributed by atoms with Crippen LogP contribution in [0.15, 0.2) is 0 Å². The van der Waals surface area contributed by atoms with Crippen LogP contribution in [0.4, 0.5) is 0 Å². The molecule has 34 N–H and O–H groups in total. The van der Waals surface area contributed by atoms with E-state index in [9.17, 15) is 177 Å². The highest BCUT2D eigenvalue weighted by molar-refractivity contribution is 5.77. The Kier molecular flexibility index (Phi) is 38.0. The Hall–Kier alpha value is -4.57. The highest BCUT2D eigenvalue weighted by Crippen LogP contribution is 2.42. The topological polar surface area (TPSA) is 916 Å². The maximum Gasteiger partial charge on any atom is 0.364 e. The van der Waals surface area contributed by atoms with Crippen molar-refractivity contribution in [2.75, 3.05) is 66.1 Å². The Bertz CT molecular complexity index is 3550. The van der Waals surface area contributed by atoms with E-state index in [0.717, 1.165) is 27.7 Å². The van der Waals surface area contributed by atoms with Gasteiger partial charge in [0.15, 0.2) is 56.6 Å². The van der Waals surface area contributed by atoms with Crippen LogP contribution in [0, 0.1) is 0 Å². The Balaban J connectivity index is 0.960. The molecule has 4 amide bonds. The summed E-state index contributed by atoms with van der Waals surface area (Å²) in [6.07, 6.45) is -102. The van der Waals surface area contributed by atoms with Crippen LogP contribution in [0.2, 0.25) is 0 Å². The van der Waals surface area contributed by atoms with Crippen LogP contribution in [0.1, 0.15) is 34.1 Å². The lowest BCUT2D eigenvalue weighted by atomic mass is 9.88. The van der Waals surface area contributed by atoms with E-state index in [2.05, 4.69) is 21.3 Å².